The number of ketones is 2. The zero-order chi connectivity index (χ0) is 20.6. The van der Waals surface area contributed by atoms with Crippen LogP contribution in [0.5, 0.6) is 0 Å². The van der Waals surface area contributed by atoms with E-state index >= 15 is 0 Å². The highest BCUT2D eigenvalue weighted by atomic mass is 16.5. The number of esters is 3. The molecule has 0 spiro atoms. The number of fused-ring (bicyclic) bond motifs is 3. The maximum absolute atomic E-state index is 12.6. The lowest BCUT2D eigenvalue weighted by Gasteiger charge is -2.18. The van der Waals surface area contributed by atoms with Gasteiger partial charge in [-0.1, -0.05) is 0 Å². The van der Waals surface area contributed by atoms with Crippen LogP contribution in [0.15, 0.2) is 18.2 Å². The van der Waals surface area contributed by atoms with Crippen LogP contribution in [0.4, 0.5) is 0 Å². The fraction of sp³-hybridized carbons (Fsp3) is 0.211. The van der Waals surface area contributed by atoms with E-state index < -0.39 is 29.5 Å². The molecule has 9 heteroatoms. The summed E-state index contributed by atoms with van der Waals surface area (Å²) in [6, 6.07) is 3.57. The van der Waals surface area contributed by atoms with Crippen LogP contribution in [0.3, 0.4) is 0 Å². The maximum atomic E-state index is 12.6. The Morgan fingerprint density at radius 3 is 2.14 bits per heavy atom. The van der Waals surface area contributed by atoms with Crippen LogP contribution in [-0.4, -0.2) is 55.3 Å². The van der Waals surface area contributed by atoms with Crippen LogP contribution in [0, 0.1) is 0 Å². The Hall–Kier alpha value is -3.75. The Bertz CT molecular complexity index is 1050. The highest BCUT2D eigenvalue weighted by Gasteiger charge is 2.37. The van der Waals surface area contributed by atoms with E-state index in [1.165, 1.54) is 18.2 Å². The van der Waals surface area contributed by atoms with Gasteiger partial charge in [0.05, 0.1) is 43.2 Å². The van der Waals surface area contributed by atoms with Crippen molar-refractivity contribution in [2.24, 2.45) is 0 Å². The first-order chi connectivity index (χ1) is 13.3. The number of methoxy groups -OCH3 is 2. The van der Waals surface area contributed by atoms with Crippen molar-refractivity contribution < 1.29 is 38.2 Å². The number of carbonyl (C=O) groups is 5. The molecule has 1 aromatic heterocycles. The van der Waals surface area contributed by atoms with E-state index in [0.717, 1.165) is 14.2 Å². The molecule has 0 amide bonds. The second-order valence-corrected chi connectivity index (χ2v) is 5.78. The summed E-state index contributed by atoms with van der Waals surface area (Å²) in [5, 5.41) is 0. The lowest BCUT2D eigenvalue weighted by atomic mass is 9.84. The summed E-state index contributed by atoms with van der Waals surface area (Å²) in [4.78, 5) is 64.1. The third-order valence-electron chi connectivity index (χ3n) is 4.22. The third-order valence-corrected chi connectivity index (χ3v) is 4.22. The van der Waals surface area contributed by atoms with Crippen molar-refractivity contribution in [3.05, 3.63) is 46.1 Å². The molecule has 3 rings (SSSR count). The van der Waals surface area contributed by atoms with E-state index in [9.17, 15) is 24.0 Å². The summed E-state index contributed by atoms with van der Waals surface area (Å²) in [5.74, 6) is -4.15. The molecular formula is C19H15NO8. The molecule has 144 valence electrons. The van der Waals surface area contributed by atoms with Gasteiger partial charge in [-0.25, -0.2) is 14.4 Å². The number of aromatic amines is 1. The Labute approximate surface area is 158 Å². The third kappa shape index (κ3) is 2.86. The van der Waals surface area contributed by atoms with Crippen molar-refractivity contribution in [2.45, 2.75) is 6.92 Å². The summed E-state index contributed by atoms with van der Waals surface area (Å²) in [7, 11) is 2.27. The van der Waals surface area contributed by atoms with E-state index in [4.69, 9.17) is 9.47 Å². The number of Topliss-reactive ketones (excluding diaryl/α,β-unsaturated/α-hetero) is 2. The zero-order valence-electron chi connectivity index (χ0n) is 15.2. The number of hydrogen-bond acceptors (Lipinski definition) is 8. The predicted molar refractivity (Wildman–Crippen MR) is 93.5 cm³/mol. The number of aromatic nitrogens is 1. The van der Waals surface area contributed by atoms with Crippen molar-refractivity contribution in [1.82, 2.24) is 4.98 Å². The minimum Gasteiger partial charge on any atom is -0.465 e. The zero-order valence-corrected chi connectivity index (χ0v) is 15.2. The molecule has 1 aliphatic carbocycles. The summed E-state index contributed by atoms with van der Waals surface area (Å²) >= 11 is 0. The Kier molecular flexibility index (Phi) is 4.83. The quantitative estimate of drug-likeness (QED) is 0.479. The average molecular weight is 385 g/mol. The van der Waals surface area contributed by atoms with Crippen LogP contribution in [0.2, 0.25) is 0 Å². The summed E-state index contributed by atoms with van der Waals surface area (Å²) < 4.78 is 14.3. The Morgan fingerprint density at radius 1 is 0.893 bits per heavy atom. The first-order valence-corrected chi connectivity index (χ1v) is 8.18. The lowest BCUT2D eigenvalue weighted by Crippen LogP contribution is -2.23. The fourth-order valence-corrected chi connectivity index (χ4v) is 2.99. The van der Waals surface area contributed by atoms with Gasteiger partial charge in [0.2, 0.25) is 11.6 Å². The number of H-pyrrole nitrogens is 1. The molecule has 0 unspecified atom stereocenters. The largest absolute Gasteiger partial charge is 0.465 e. The number of hydrogen-bond donors (Lipinski definition) is 1. The van der Waals surface area contributed by atoms with Crippen LogP contribution in [0.25, 0.3) is 11.3 Å². The summed E-state index contributed by atoms with van der Waals surface area (Å²) in [6.45, 7) is 1.73. The number of rotatable bonds is 4. The van der Waals surface area contributed by atoms with Gasteiger partial charge in [0.15, 0.2) is 0 Å². The number of benzene rings is 1. The van der Waals surface area contributed by atoms with Gasteiger partial charge < -0.3 is 19.2 Å². The Morgan fingerprint density at radius 2 is 1.54 bits per heavy atom. The summed E-state index contributed by atoms with van der Waals surface area (Å²) in [5.41, 5.74) is -0.347. The first kappa shape index (κ1) is 19.0. The Balaban J connectivity index is 2.32. The van der Waals surface area contributed by atoms with Gasteiger partial charge in [0.1, 0.15) is 5.69 Å². The molecule has 28 heavy (non-hydrogen) atoms. The molecule has 1 N–H and O–H groups in total. The fourth-order valence-electron chi connectivity index (χ4n) is 2.99. The molecule has 0 aliphatic heterocycles. The van der Waals surface area contributed by atoms with E-state index in [2.05, 4.69) is 9.72 Å². The average Bonchev–Trinajstić information content (AvgIpc) is 3.15. The maximum Gasteiger partial charge on any atom is 0.354 e. The van der Waals surface area contributed by atoms with Gasteiger partial charge in [0.25, 0.3) is 0 Å². The molecule has 0 fully saturated rings. The lowest BCUT2D eigenvalue weighted by molar-refractivity contribution is 0.0518. The molecular weight excluding hydrogens is 370 g/mol. The van der Waals surface area contributed by atoms with Crippen molar-refractivity contribution >= 4 is 29.5 Å². The summed E-state index contributed by atoms with van der Waals surface area (Å²) in [6.07, 6.45) is 0. The second kappa shape index (κ2) is 7.10. The van der Waals surface area contributed by atoms with Crippen molar-refractivity contribution in [1.29, 1.82) is 0 Å². The highest BCUT2D eigenvalue weighted by Crippen LogP contribution is 2.37. The van der Waals surface area contributed by atoms with Crippen LogP contribution in [0.1, 0.15) is 58.8 Å². The molecule has 2 aromatic rings. The molecule has 0 saturated carbocycles. The monoisotopic (exact) mass is 385 g/mol. The van der Waals surface area contributed by atoms with E-state index in [1.807, 2.05) is 0 Å². The van der Waals surface area contributed by atoms with Crippen LogP contribution in [-0.2, 0) is 14.2 Å². The molecule has 0 atom stereocenters. The van der Waals surface area contributed by atoms with Gasteiger partial charge in [-0.15, -0.1) is 0 Å². The van der Waals surface area contributed by atoms with Gasteiger partial charge in [-0.2, -0.15) is 0 Å². The number of carbonyl (C=O) groups excluding carboxylic acids is 5. The molecule has 0 bridgehead atoms. The SMILES string of the molecule is CCOC(=O)c1cc2c([nH]1)-c1c(C(=O)OC)cc(C(=O)OC)cc1C(=O)C2=O. The highest BCUT2D eigenvalue weighted by molar-refractivity contribution is 6.53. The second-order valence-electron chi connectivity index (χ2n) is 5.78. The standard InChI is InChI=1S/C19H15NO8/c1-4-28-19(25)12-7-11-14(20-12)13-9(15(21)16(11)22)5-8(17(23)26-2)6-10(13)18(24)27-3/h5-7,20H,4H2,1-3H3. The molecule has 1 aliphatic rings. The van der Waals surface area contributed by atoms with Crippen molar-refractivity contribution in [3.63, 3.8) is 0 Å². The molecule has 1 heterocycles. The smallest absolute Gasteiger partial charge is 0.354 e. The normalized spacial score (nSPS) is 12.1. The van der Waals surface area contributed by atoms with Crippen LogP contribution < -0.4 is 0 Å². The van der Waals surface area contributed by atoms with E-state index in [1.54, 1.807) is 6.92 Å². The van der Waals surface area contributed by atoms with Gasteiger partial charge in [-0.3, -0.25) is 9.59 Å². The molecule has 0 saturated heterocycles. The number of nitrogens with one attached hydrogen (secondary N) is 1. The molecule has 9 nitrogen and oxygen atoms in total. The topological polar surface area (TPSA) is 129 Å². The van der Waals surface area contributed by atoms with Crippen molar-refractivity contribution in [2.75, 3.05) is 20.8 Å². The van der Waals surface area contributed by atoms with Gasteiger partial charge in [0, 0.05) is 11.1 Å². The van der Waals surface area contributed by atoms with E-state index in [-0.39, 0.29) is 45.8 Å². The first-order valence-electron chi connectivity index (χ1n) is 8.18. The van der Waals surface area contributed by atoms with Gasteiger partial charge >= 0.3 is 17.9 Å². The minimum absolute atomic E-state index is 0.0475. The van der Waals surface area contributed by atoms with E-state index in [0.29, 0.717) is 0 Å². The number of ether oxygens (including phenoxy) is 3. The predicted octanol–water partition coefficient (Wildman–Crippen LogP) is 1.81. The van der Waals surface area contributed by atoms with Gasteiger partial charge in [-0.05, 0) is 25.1 Å². The van der Waals surface area contributed by atoms with Crippen LogP contribution >= 0.6 is 0 Å². The van der Waals surface area contributed by atoms with Crippen molar-refractivity contribution in [3.8, 4) is 11.3 Å². The minimum atomic E-state index is -0.923. The molecule has 1 aromatic carbocycles. The molecule has 0 radical (unpaired) electrons.